The van der Waals surface area contributed by atoms with Crippen molar-refractivity contribution in [1.82, 2.24) is 4.90 Å². The topological polar surface area (TPSA) is 29.5 Å². The van der Waals surface area contributed by atoms with E-state index >= 15 is 0 Å². The highest BCUT2D eigenvalue weighted by Crippen LogP contribution is 2.31. The molecule has 0 aromatic carbocycles. The second-order valence-corrected chi connectivity index (χ2v) is 6.50. The smallest absolute Gasteiger partial charge is 0.152 e. The fraction of sp³-hybridized carbons (Fsp3) is 0.933. The number of carbonyl (C=O) groups is 1. The van der Waals surface area contributed by atoms with E-state index in [-0.39, 0.29) is 18.1 Å². The average Bonchev–Trinajstić information content (AvgIpc) is 3.03. The van der Waals surface area contributed by atoms with Crippen LogP contribution in [0.5, 0.6) is 0 Å². The van der Waals surface area contributed by atoms with Crippen molar-refractivity contribution >= 4 is 5.78 Å². The number of Topliss-reactive ketones (excluding diaryl/α,β-unsaturated/α-hetero) is 1. The molecule has 1 aliphatic heterocycles. The van der Waals surface area contributed by atoms with Gasteiger partial charge in [-0.2, -0.15) is 0 Å². The highest BCUT2D eigenvalue weighted by atomic mass is 16.5. The molecule has 0 aromatic heterocycles. The summed E-state index contributed by atoms with van der Waals surface area (Å²) in [6.07, 6.45) is 3.81. The van der Waals surface area contributed by atoms with Crippen LogP contribution in [0.1, 0.15) is 47.0 Å². The predicted molar refractivity (Wildman–Crippen MR) is 72.6 cm³/mol. The van der Waals surface area contributed by atoms with Gasteiger partial charge in [-0.25, -0.2) is 0 Å². The molecular weight excluding hydrogens is 226 g/mol. The lowest BCUT2D eigenvalue weighted by atomic mass is 9.99. The first-order chi connectivity index (χ1) is 8.49. The SMILES string of the molecule is CC(C)C(=O)[C@@H]1C[C@@H](OCC2CC2)CN1C(C)C. The zero-order valence-corrected chi connectivity index (χ0v) is 12.2. The average molecular weight is 253 g/mol. The molecule has 2 atom stereocenters. The summed E-state index contributed by atoms with van der Waals surface area (Å²) in [5, 5.41) is 0. The van der Waals surface area contributed by atoms with Gasteiger partial charge in [0.05, 0.1) is 12.1 Å². The molecule has 1 aliphatic carbocycles. The molecule has 3 heteroatoms. The van der Waals surface area contributed by atoms with Crippen LogP contribution < -0.4 is 0 Å². The lowest BCUT2D eigenvalue weighted by Crippen LogP contribution is -2.42. The van der Waals surface area contributed by atoms with Gasteiger partial charge >= 0.3 is 0 Å². The third-order valence-corrected chi connectivity index (χ3v) is 4.13. The number of nitrogens with zero attached hydrogens (tertiary/aromatic N) is 1. The van der Waals surface area contributed by atoms with Crippen LogP contribution in [0.3, 0.4) is 0 Å². The van der Waals surface area contributed by atoms with E-state index in [0.29, 0.717) is 11.8 Å². The molecule has 0 spiro atoms. The van der Waals surface area contributed by atoms with Crippen molar-refractivity contribution in [3.63, 3.8) is 0 Å². The summed E-state index contributed by atoms with van der Waals surface area (Å²) in [4.78, 5) is 14.6. The second kappa shape index (κ2) is 5.70. The molecular formula is C15H27NO2. The fourth-order valence-corrected chi connectivity index (χ4v) is 2.73. The Morgan fingerprint density at radius 2 is 1.94 bits per heavy atom. The van der Waals surface area contributed by atoms with E-state index in [1.165, 1.54) is 12.8 Å². The molecule has 1 heterocycles. The summed E-state index contributed by atoms with van der Waals surface area (Å²) in [5.74, 6) is 1.30. The van der Waals surface area contributed by atoms with Gasteiger partial charge < -0.3 is 4.74 Å². The molecule has 0 aromatic rings. The van der Waals surface area contributed by atoms with Crippen LogP contribution in [0.4, 0.5) is 0 Å². The molecule has 0 radical (unpaired) electrons. The first kappa shape index (κ1) is 14.0. The second-order valence-electron chi connectivity index (χ2n) is 6.50. The Bertz CT molecular complexity index is 297. The molecule has 18 heavy (non-hydrogen) atoms. The van der Waals surface area contributed by atoms with Crippen molar-refractivity contribution in [1.29, 1.82) is 0 Å². The lowest BCUT2D eigenvalue weighted by molar-refractivity contribution is -0.126. The van der Waals surface area contributed by atoms with Gasteiger partial charge in [0.1, 0.15) is 0 Å². The molecule has 0 bridgehead atoms. The first-order valence-corrected chi connectivity index (χ1v) is 7.40. The Kier molecular flexibility index (Phi) is 4.44. The minimum Gasteiger partial charge on any atom is -0.377 e. The van der Waals surface area contributed by atoms with Gasteiger partial charge in [0.25, 0.3) is 0 Å². The molecule has 2 rings (SSSR count). The van der Waals surface area contributed by atoms with Crippen molar-refractivity contribution in [2.75, 3.05) is 13.2 Å². The predicted octanol–water partition coefficient (Wildman–Crippen LogP) is 2.49. The first-order valence-electron chi connectivity index (χ1n) is 7.40. The number of hydrogen-bond donors (Lipinski definition) is 0. The Balaban J connectivity index is 1.91. The van der Waals surface area contributed by atoms with Crippen molar-refractivity contribution in [3.05, 3.63) is 0 Å². The van der Waals surface area contributed by atoms with Gasteiger partial charge in [-0.15, -0.1) is 0 Å². The largest absolute Gasteiger partial charge is 0.377 e. The van der Waals surface area contributed by atoms with Crippen molar-refractivity contribution in [3.8, 4) is 0 Å². The summed E-state index contributed by atoms with van der Waals surface area (Å²) in [5.41, 5.74) is 0. The molecule has 0 amide bonds. The minimum atomic E-state index is 0.0780. The van der Waals surface area contributed by atoms with Crippen LogP contribution in [0, 0.1) is 11.8 Å². The van der Waals surface area contributed by atoms with E-state index in [0.717, 1.165) is 25.5 Å². The Morgan fingerprint density at radius 1 is 1.28 bits per heavy atom. The van der Waals surface area contributed by atoms with Gasteiger partial charge in [0.15, 0.2) is 5.78 Å². The number of hydrogen-bond acceptors (Lipinski definition) is 3. The summed E-state index contributed by atoms with van der Waals surface area (Å²) in [6.45, 7) is 10.2. The van der Waals surface area contributed by atoms with Crippen LogP contribution >= 0.6 is 0 Å². The van der Waals surface area contributed by atoms with Crippen LogP contribution in [0.2, 0.25) is 0 Å². The van der Waals surface area contributed by atoms with E-state index in [1.54, 1.807) is 0 Å². The zero-order valence-electron chi connectivity index (χ0n) is 12.2. The molecule has 3 nitrogen and oxygen atoms in total. The van der Waals surface area contributed by atoms with Gasteiger partial charge in [-0.05, 0) is 39.0 Å². The quantitative estimate of drug-likeness (QED) is 0.728. The highest BCUT2D eigenvalue weighted by molar-refractivity contribution is 5.86. The third kappa shape index (κ3) is 3.33. The fourth-order valence-electron chi connectivity index (χ4n) is 2.73. The summed E-state index contributed by atoms with van der Waals surface area (Å²) >= 11 is 0. The van der Waals surface area contributed by atoms with Crippen molar-refractivity contribution in [2.24, 2.45) is 11.8 Å². The van der Waals surface area contributed by atoms with Crippen molar-refractivity contribution < 1.29 is 9.53 Å². The molecule has 0 unspecified atom stereocenters. The maximum Gasteiger partial charge on any atom is 0.152 e. The maximum absolute atomic E-state index is 12.3. The van der Waals surface area contributed by atoms with Gasteiger partial charge in [0.2, 0.25) is 0 Å². The Hall–Kier alpha value is -0.410. The number of ether oxygens (including phenoxy) is 1. The van der Waals surface area contributed by atoms with Crippen molar-refractivity contribution in [2.45, 2.75) is 65.1 Å². The van der Waals surface area contributed by atoms with Gasteiger partial charge in [-0.1, -0.05) is 13.8 Å². The Labute approximate surface area is 111 Å². The zero-order chi connectivity index (χ0) is 13.3. The standard InChI is InChI=1S/C15H27NO2/c1-10(2)15(17)14-7-13(8-16(14)11(3)4)18-9-12-5-6-12/h10-14H,5-9H2,1-4H3/t13-,14+/m1/s1. The van der Waals surface area contributed by atoms with Crippen LogP contribution in [-0.2, 0) is 9.53 Å². The molecule has 2 aliphatic rings. The number of rotatable bonds is 6. The number of carbonyl (C=O) groups excluding carboxylic acids is 1. The number of ketones is 1. The van der Waals surface area contributed by atoms with Crippen LogP contribution in [0.15, 0.2) is 0 Å². The molecule has 104 valence electrons. The van der Waals surface area contributed by atoms with Gasteiger partial charge in [-0.3, -0.25) is 9.69 Å². The van der Waals surface area contributed by atoms with E-state index in [4.69, 9.17) is 4.74 Å². The molecule has 0 N–H and O–H groups in total. The van der Waals surface area contributed by atoms with Crippen LogP contribution in [-0.4, -0.2) is 42.0 Å². The van der Waals surface area contributed by atoms with E-state index in [2.05, 4.69) is 18.7 Å². The summed E-state index contributed by atoms with van der Waals surface area (Å²) in [7, 11) is 0. The van der Waals surface area contributed by atoms with E-state index < -0.39 is 0 Å². The van der Waals surface area contributed by atoms with Gasteiger partial charge in [0, 0.05) is 25.1 Å². The third-order valence-electron chi connectivity index (χ3n) is 4.13. The summed E-state index contributed by atoms with van der Waals surface area (Å²) in [6, 6.07) is 0.501. The molecule has 1 saturated carbocycles. The Morgan fingerprint density at radius 3 is 2.44 bits per heavy atom. The monoisotopic (exact) mass is 253 g/mol. The normalized spacial score (nSPS) is 29.4. The maximum atomic E-state index is 12.3. The summed E-state index contributed by atoms with van der Waals surface area (Å²) < 4.78 is 5.97. The van der Waals surface area contributed by atoms with E-state index in [9.17, 15) is 4.79 Å². The minimum absolute atomic E-state index is 0.0780. The van der Waals surface area contributed by atoms with Crippen LogP contribution in [0.25, 0.3) is 0 Å². The molecule has 1 saturated heterocycles. The highest BCUT2D eigenvalue weighted by Gasteiger charge is 2.39. The van der Waals surface area contributed by atoms with E-state index in [1.807, 2.05) is 13.8 Å². The lowest BCUT2D eigenvalue weighted by Gasteiger charge is -2.27. The number of likely N-dealkylation sites (tertiary alicyclic amines) is 1. The molecule has 2 fully saturated rings.